The van der Waals surface area contributed by atoms with Gasteiger partial charge in [-0.3, -0.25) is 5.43 Å². The van der Waals surface area contributed by atoms with Crippen molar-refractivity contribution in [2.24, 2.45) is 0 Å². The Morgan fingerprint density at radius 2 is 2.71 bits per heavy atom. The highest BCUT2D eigenvalue weighted by Gasteiger charge is 1.99. The van der Waals surface area contributed by atoms with Crippen LogP contribution in [0.15, 0.2) is 12.5 Å². The van der Waals surface area contributed by atoms with Gasteiger partial charge in [0.25, 0.3) is 0 Å². The molecule has 0 saturated heterocycles. The lowest BCUT2D eigenvalue weighted by Gasteiger charge is -2.09. The van der Waals surface area contributed by atoms with E-state index in [1.165, 1.54) is 5.17 Å². The number of rotatable bonds is 1. The van der Waals surface area contributed by atoms with Gasteiger partial charge in [-0.2, -0.15) is 0 Å². The Balaban J connectivity index is 2.22. The lowest BCUT2D eigenvalue weighted by molar-refractivity contribution is -0.103. The molecular weight excluding hydrogens is 92.1 g/mol. The molecule has 1 aliphatic heterocycles. The predicted octanol–water partition coefficient (Wildman–Crippen LogP) is 0.0435. The number of nitrogens with zero attached hydrogens (tertiary/aromatic N) is 1. The Morgan fingerprint density at radius 3 is 3.00 bits per heavy atom. The minimum absolute atomic E-state index is 0.604. The number of hydrazine groups is 1. The maximum absolute atomic E-state index is 4.78. The summed E-state index contributed by atoms with van der Waals surface area (Å²) in [6.07, 6.45) is 3.26. The van der Waals surface area contributed by atoms with Crippen molar-refractivity contribution >= 4 is 0 Å². The smallest absolute Gasteiger partial charge is 0.131 e. The molecule has 0 atom stereocenters. The second kappa shape index (κ2) is 1.84. The molecule has 0 unspecified atom stereocenters. The van der Waals surface area contributed by atoms with Crippen LogP contribution in [0.2, 0.25) is 0 Å². The second-order valence-corrected chi connectivity index (χ2v) is 1.14. The molecule has 1 radical (unpaired) electrons. The molecule has 1 rings (SSSR count). The fraction of sp³-hybridized carbons (Fsp3) is 0.250. The van der Waals surface area contributed by atoms with Crippen molar-refractivity contribution in [2.75, 3.05) is 6.54 Å². The van der Waals surface area contributed by atoms with E-state index in [2.05, 4.69) is 12.3 Å². The van der Waals surface area contributed by atoms with E-state index < -0.39 is 0 Å². The van der Waals surface area contributed by atoms with Gasteiger partial charge >= 0.3 is 0 Å². The van der Waals surface area contributed by atoms with Gasteiger partial charge in [-0.05, 0) is 6.92 Å². The van der Waals surface area contributed by atoms with Gasteiger partial charge in [-0.1, -0.05) is 5.17 Å². The summed E-state index contributed by atoms with van der Waals surface area (Å²) in [4.78, 5) is 4.78. The number of hydrogen-bond acceptors (Lipinski definition) is 3. The Morgan fingerprint density at radius 1 is 1.86 bits per heavy atom. The lowest BCUT2D eigenvalue weighted by atomic mass is 10.8. The van der Waals surface area contributed by atoms with E-state index in [1.54, 1.807) is 12.5 Å². The molecule has 0 amide bonds. The first kappa shape index (κ1) is 4.46. The van der Waals surface area contributed by atoms with E-state index in [0.29, 0.717) is 6.54 Å². The number of hydrogen-bond donors (Lipinski definition) is 1. The molecule has 1 heterocycles. The molecule has 3 nitrogen and oxygen atoms in total. The minimum atomic E-state index is 0.604. The highest BCUT2D eigenvalue weighted by Crippen LogP contribution is 1.90. The van der Waals surface area contributed by atoms with Gasteiger partial charge in [0, 0.05) is 0 Å². The second-order valence-electron chi connectivity index (χ2n) is 1.14. The van der Waals surface area contributed by atoms with E-state index in [9.17, 15) is 0 Å². The Bertz CT molecular complexity index is 73.8. The topological polar surface area (TPSA) is 24.5 Å². The third-order valence-corrected chi connectivity index (χ3v) is 0.678. The van der Waals surface area contributed by atoms with Gasteiger partial charge < -0.3 is 4.84 Å². The highest BCUT2D eigenvalue weighted by molar-refractivity contribution is 4.72. The van der Waals surface area contributed by atoms with Crippen LogP contribution in [0.1, 0.15) is 0 Å². The highest BCUT2D eigenvalue weighted by atomic mass is 16.7. The van der Waals surface area contributed by atoms with Crippen LogP contribution in [-0.2, 0) is 4.84 Å². The molecule has 39 valence electrons. The maximum Gasteiger partial charge on any atom is 0.131 e. The summed E-state index contributed by atoms with van der Waals surface area (Å²) in [5.74, 6) is 0. The first-order valence-corrected chi connectivity index (χ1v) is 2.08. The van der Waals surface area contributed by atoms with Crippen LogP contribution >= 0.6 is 0 Å². The fourth-order valence-corrected chi connectivity index (χ4v) is 0.365. The first-order valence-electron chi connectivity index (χ1n) is 2.08. The molecule has 0 spiro atoms. The van der Waals surface area contributed by atoms with Crippen molar-refractivity contribution in [3.05, 3.63) is 19.4 Å². The molecule has 0 aromatic heterocycles. The van der Waals surface area contributed by atoms with Gasteiger partial charge in [0.2, 0.25) is 0 Å². The van der Waals surface area contributed by atoms with Crippen LogP contribution in [-0.4, -0.2) is 11.7 Å². The zero-order valence-electron chi connectivity index (χ0n) is 3.92. The van der Waals surface area contributed by atoms with Crippen molar-refractivity contribution in [1.82, 2.24) is 10.6 Å². The summed E-state index contributed by atoms with van der Waals surface area (Å²) < 4.78 is 0. The van der Waals surface area contributed by atoms with Gasteiger partial charge in [0.1, 0.15) is 6.26 Å². The van der Waals surface area contributed by atoms with Crippen LogP contribution < -0.4 is 5.43 Å². The molecule has 3 heteroatoms. The van der Waals surface area contributed by atoms with Crippen molar-refractivity contribution < 1.29 is 4.84 Å². The predicted molar refractivity (Wildman–Crippen MR) is 25.4 cm³/mol. The molecule has 0 aromatic rings. The molecule has 0 fully saturated rings. The molecule has 0 saturated carbocycles. The maximum atomic E-state index is 4.78. The molecule has 7 heavy (non-hydrogen) atoms. The summed E-state index contributed by atoms with van der Waals surface area (Å²) in [5.41, 5.74) is 2.77. The average molecular weight is 99.1 g/mol. The number of hydroxylamine groups is 1. The zero-order valence-corrected chi connectivity index (χ0v) is 3.92. The van der Waals surface area contributed by atoms with Crippen molar-refractivity contribution in [3.8, 4) is 0 Å². The Labute approximate surface area is 42.5 Å². The minimum Gasteiger partial charge on any atom is -0.393 e. The summed E-state index contributed by atoms with van der Waals surface area (Å²) in [6.45, 7) is 4.17. The van der Waals surface area contributed by atoms with Gasteiger partial charge in [0.05, 0.1) is 12.7 Å². The quantitative estimate of drug-likeness (QED) is 0.502. The van der Waals surface area contributed by atoms with Gasteiger partial charge in [-0.25, -0.2) is 0 Å². The average Bonchev–Trinajstić information content (AvgIpc) is 2.14. The van der Waals surface area contributed by atoms with Gasteiger partial charge in [-0.15, -0.1) is 0 Å². The molecule has 0 bridgehead atoms. The molecule has 0 aromatic carbocycles. The Kier molecular flexibility index (Phi) is 1.17. The third-order valence-electron chi connectivity index (χ3n) is 0.678. The van der Waals surface area contributed by atoms with E-state index in [-0.39, 0.29) is 0 Å². The van der Waals surface area contributed by atoms with E-state index in [0.717, 1.165) is 0 Å². The Hall–Kier alpha value is -0.700. The summed E-state index contributed by atoms with van der Waals surface area (Å²) in [5, 5.41) is 1.51. The van der Waals surface area contributed by atoms with E-state index in [4.69, 9.17) is 4.84 Å². The molecule has 1 N–H and O–H groups in total. The normalized spacial score (nSPS) is 19.0. The van der Waals surface area contributed by atoms with Crippen LogP contribution in [0, 0.1) is 6.92 Å². The van der Waals surface area contributed by atoms with Crippen LogP contribution in [0.3, 0.4) is 0 Å². The zero-order chi connectivity index (χ0) is 5.11. The van der Waals surface area contributed by atoms with E-state index >= 15 is 0 Å². The number of nitrogens with one attached hydrogen (secondary N) is 1. The van der Waals surface area contributed by atoms with Crippen molar-refractivity contribution in [1.29, 1.82) is 0 Å². The standard InChI is InChI=1S/C4H7N2O/c1-2-6-5-3-4-7-6/h3-5H,1-2H2. The monoisotopic (exact) mass is 99.1 g/mol. The van der Waals surface area contributed by atoms with Gasteiger partial charge in [0.15, 0.2) is 0 Å². The molecule has 1 aliphatic rings. The molecule has 0 aliphatic carbocycles. The van der Waals surface area contributed by atoms with Crippen molar-refractivity contribution in [2.45, 2.75) is 0 Å². The summed E-state index contributed by atoms with van der Waals surface area (Å²) >= 11 is 0. The fourth-order valence-electron chi connectivity index (χ4n) is 0.365. The summed E-state index contributed by atoms with van der Waals surface area (Å²) in [6, 6.07) is 0. The molecular formula is C4H7N2O. The largest absolute Gasteiger partial charge is 0.393 e. The SMILES string of the molecule is [CH2]CN1NC=CO1. The van der Waals surface area contributed by atoms with E-state index in [1.807, 2.05) is 0 Å². The third kappa shape index (κ3) is 0.838. The van der Waals surface area contributed by atoms with Crippen LogP contribution in [0.5, 0.6) is 0 Å². The summed E-state index contributed by atoms with van der Waals surface area (Å²) in [7, 11) is 0. The first-order chi connectivity index (χ1) is 3.43. The lowest BCUT2D eigenvalue weighted by Crippen LogP contribution is -2.27. The van der Waals surface area contributed by atoms with Crippen molar-refractivity contribution in [3.63, 3.8) is 0 Å². The van der Waals surface area contributed by atoms with Crippen LogP contribution in [0.4, 0.5) is 0 Å². The van der Waals surface area contributed by atoms with Crippen LogP contribution in [0.25, 0.3) is 0 Å².